The van der Waals surface area contributed by atoms with Crippen molar-refractivity contribution in [3.63, 3.8) is 0 Å². The molecule has 3 aliphatic rings. The molecule has 42 heavy (non-hydrogen) atoms. The number of methoxy groups -OCH3 is 1. The van der Waals surface area contributed by atoms with Crippen molar-refractivity contribution < 1.29 is 19.1 Å². The van der Waals surface area contributed by atoms with Gasteiger partial charge in [-0.05, 0) is 54.8 Å². The maximum absolute atomic E-state index is 13.5. The van der Waals surface area contributed by atoms with Crippen molar-refractivity contribution in [2.75, 3.05) is 62.7 Å². The number of anilines is 2. The summed E-state index contributed by atoms with van der Waals surface area (Å²) in [5, 5.41) is 0. The fraction of sp³-hybridized carbons (Fsp3) is 0.324. The van der Waals surface area contributed by atoms with Crippen molar-refractivity contribution in [3.05, 3.63) is 95.6 Å². The molecule has 0 aromatic heterocycles. The molecule has 8 nitrogen and oxygen atoms in total. The first-order valence-electron chi connectivity index (χ1n) is 14.7. The summed E-state index contributed by atoms with van der Waals surface area (Å²) >= 11 is 0. The number of piperazine rings is 1. The molecule has 6 rings (SSSR count). The molecule has 3 aromatic rings. The number of carbonyl (C=O) groups excluding carboxylic acids is 3. The van der Waals surface area contributed by atoms with E-state index in [9.17, 15) is 14.4 Å². The van der Waals surface area contributed by atoms with Gasteiger partial charge in [-0.15, -0.1) is 0 Å². The zero-order valence-corrected chi connectivity index (χ0v) is 23.9. The summed E-state index contributed by atoms with van der Waals surface area (Å²) in [4.78, 5) is 48.0. The van der Waals surface area contributed by atoms with E-state index >= 15 is 0 Å². The van der Waals surface area contributed by atoms with Gasteiger partial charge < -0.3 is 14.5 Å². The fourth-order valence-electron chi connectivity index (χ4n) is 6.18. The van der Waals surface area contributed by atoms with Crippen molar-refractivity contribution >= 4 is 35.2 Å². The van der Waals surface area contributed by atoms with E-state index in [0.717, 1.165) is 51.3 Å². The van der Waals surface area contributed by atoms with Crippen LogP contribution in [-0.4, -0.2) is 80.4 Å². The lowest BCUT2D eigenvalue weighted by molar-refractivity contribution is -0.137. The number of piperidine rings is 1. The summed E-state index contributed by atoms with van der Waals surface area (Å²) < 4.78 is 5.22. The van der Waals surface area contributed by atoms with Crippen LogP contribution in [0.2, 0.25) is 0 Å². The van der Waals surface area contributed by atoms with Crippen molar-refractivity contribution in [1.29, 1.82) is 0 Å². The molecule has 8 heteroatoms. The van der Waals surface area contributed by atoms with Crippen LogP contribution >= 0.6 is 0 Å². The molecule has 0 unspecified atom stereocenters. The van der Waals surface area contributed by atoms with Crippen LogP contribution in [0.3, 0.4) is 0 Å². The highest BCUT2D eigenvalue weighted by Gasteiger charge is 2.40. The predicted octanol–water partition coefficient (Wildman–Crippen LogP) is 4.57. The highest BCUT2D eigenvalue weighted by atomic mass is 16.5. The normalized spacial score (nSPS) is 18.2. The van der Waals surface area contributed by atoms with E-state index in [0.29, 0.717) is 35.7 Å². The standard InChI is InChI=1S/C34H36N4O4/c1-42-28-14-12-27(13-15-28)38-33(40)29-10-5-11-30(31(29)34(38)41)36-19-16-26(17-20-36)32(39)37-23-21-35(22-24-37)18-6-9-25-7-3-2-4-8-25/h2-15,26H,16-24H2,1H3. The summed E-state index contributed by atoms with van der Waals surface area (Å²) in [7, 11) is 1.58. The Bertz CT molecular complexity index is 1470. The predicted molar refractivity (Wildman–Crippen MR) is 164 cm³/mol. The van der Waals surface area contributed by atoms with Crippen LogP contribution in [0, 0.1) is 5.92 Å². The second-order valence-electron chi connectivity index (χ2n) is 11.0. The Hall–Kier alpha value is -4.43. The number of rotatable bonds is 7. The number of carbonyl (C=O) groups is 3. The third kappa shape index (κ3) is 5.54. The van der Waals surface area contributed by atoms with E-state index in [1.54, 1.807) is 37.4 Å². The number of nitrogens with zero attached hydrogens (tertiary/aromatic N) is 4. The Labute approximate surface area is 246 Å². The molecular weight excluding hydrogens is 528 g/mol. The minimum atomic E-state index is -0.318. The van der Waals surface area contributed by atoms with Crippen molar-refractivity contribution in [3.8, 4) is 5.75 Å². The molecule has 3 heterocycles. The molecule has 216 valence electrons. The quantitative estimate of drug-likeness (QED) is 0.392. The fourth-order valence-corrected chi connectivity index (χ4v) is 6.18. The molecule has 0 spiro atoms. The summed E-state index contributed by atoms with van der Waals surface area (Å²) in [5.74, 6) is 0.249. The van der Waals surface area contributed by atoms with Crippen LogP contribution < -0.4 is 14.5 Å². The van der Waals surface area contributed by atoms with E-state index in [2.05, 4.69) is 34.1 Å². The molecule has 0 N–H and O–H groups in total. The molecule has 0 aliphatic carbocycles. The average Bonchev–Trinajstić information content (AvgIpc) is 3.31. The van der Waals surface area contributed by atoms with Gasteiger partial charge in [-0.1, -0.05) is 48.6 Å². The zero-order chi connectivity index (χ0) is 29.1. The van der Waals surface area contributed by atoms with Crippen LogP contribution in [0.5, 0.6) is 5.75 Å². The lowest BCUT2D eigenvalue weighted by Crippen LogP contribution is -2.51. The van der Waals surface area contributed by atoms with Crippen LogP contribution in [0.25, 0.3) is 6.08 Å². The highest BCUT2D eigenvalue weighted by Crippen LogP contribution is 2.36. The Morgan fingerprint density at radius 2 is 1.55 bits per heavy atom. The van der Waals surface area contributed by atoms with E-state index < -0.39 is 0 Å². The largest absolute Gasteiger partial charge is 0.497 e. The van der Waals surface area contributed by atoms with Gasteiger partial charge in [0.15, 0.2) is 0 Å². The van der Waals surface area contributed by atoms with Gasteiger partial charge in [0, 0.05) is 51.7 Å². The number of ether oxygens (including phenoxy) is 1. The van der Waals surface area contributed by atoms with Crippen LogP contribution in [0.1, 0.15) is 39.1 Å². The maximum Gasteiger partial charge on any atom is 0.268 e. The maximum atomic E-state index is 13.5. The zero-order valence-electron chi connectivity index (χ0n) is 23.9. The number of benzene rings is 3. The number of amides is 3. The van der Waals surface area contributed by atoms with Crippen molar-refractivity contribution in [1.82, 2.24) is 9.80 Å². The van der Waals surface area contributed by atoms with Gasteiger partial charge in [0.2, 0.25) is 5.91 Å². The van der Waals surface area contributed by atoms with Gasteiger partial charge in [-0.3, -0.25) is 19.3 Å². The Balaban J connectivity index is 1.04. The minimum Gasteiger partial charge on any atom is -0.497 e. The van der Waals surface area contributed by atoms with Gasteiger partial charge in [0.25, 0.3) is 11.8 Å². The first kappa shape index (κ1) is 27.7. The molecule has 2 fully saturated rings. The molecule has 0 bridgehead atoms. The van der Waals surface area contributed by atoms with Gasteiger partial charge in [-0.2, -0.15) is 0 Å². The van der Waals surface area contributed by atoms with E-state index in [1.165, 1.54) is 10.5 Å². The first-order valence-corrected chi connectivity index (χ1v) is 14.7. The molecule has 0 atom stereocenters. The van der Waals surface area contributed by atoms with Gasteiger partial charge in [0.1, 0.15) is 5.75 Å². The summed E-state index contributed by atoms with van der Waals surface area (Å²) in [6, 6.07) is 22.7. The number of hydrogen-bond donors (Lipinski definition) is 0. The summed E-state index contributed by atoms with van der Waals surface area (Å²) in [6.45, 7) is 5.47. The monoisotopic (exact) mass is 564 g/mol. The van der Waals surface area contributed by atoms with Gasteiger partial charge in [-0.25, -0.2) is 4.90 Å². The second-order valence-corrected chi connectivity index (χ2v) is 11.0. The summed E-state index contributed by atoms with van der Waals surface area (Å²) in [5.41, 5.74) is 3.35. The van der Waals surface area contributed by atoms with Crippen LogP contribution in [0.15, 0.2) is 78.9 Å². The smallest absolute Gasteiger partial charge is 0.268 e. The second kappa shape index (κ2) is 12.2. The van der Waals surface area contributed by atoms with Crippen molar-refractivity contribution in [2.24, 2.45) is 5.92 Å². The Kier molecular flexibility index (Phi) is 8.06. The number of imide groups is 1. The first-order chi connectivity index (χ1) is 20.5. The number of hydrogen-bond acceptors (Lipinski definition) is 6. The molecule has 3 aliphatic heterocycles. The van der Waals surface area contributed by atoms with E-state index in [4.69, 9.17) is 4.74 Å². The van der Waals surface area contributed by atoms with Crippen molar-refractivity contribution in [2.45, 2.75) is 12.8 Å². The minimum absolute atomic E-state index is 0.0179. The lowest BCUT2D eigenvalue weighted by Gasteiger charge is -2.39. The van der Waals surface area contributed by atoms with Crippen LogP contribution in [0.4, 0.5) is 11.4 Å². The SMILES string of the molecule is COc1ccc(N2C(=O)c3cccc(N4CCC(C(=O)N5CCN(CC=Cc6ccccc6)CC5)CC4)c3C2=O)cc1. The lowest BCUT2D eigenvalue weighted by atomic mass is 9.93. The highest BCUT2D eigenvalue weighted by molar-refractivity contribution is 6.36. The Morgan fingerprint density at radius 3 is 2.24 bits per heavy atom. The van der Waals surface area contributed by atoms with Gasteiger partial charge in [0.05, 0.1) is 29.6 Å². The average molecular weight is 565 g/mol. The molecule has 0 saturated carbocycles. The third-order valence-electron chi connectivity index (χ3n) is 8.57. The van der Waals surface area contributed by atoms with E-state index in [-0.39, 0.29) is 23.6 Å². The van der Waals surface area contributed by atoms with Crippen LogP contribution in [-0.2, 0) is 4.79 Å². The Morgan fingerprint density at radius 1 is 0.833 bits per heavy atom. The number of fused-ring (bicyclic) bond motifs is 1. The third-order valence-corrected chi connectivity index (χ3v) is 8.57. The summed E-state index contributed by atoms with van der Waals surface area (Å²) in [6.07, 6.45) is 5.80. The molecule has 0 radical (unpaired) electrons. The molecule has 3 amide bonds. The molecule has 2 saturated heterocycles. The van der Waals surface area contributed by atoms with Gasteiger partial charge >= 0.3 is 0 Å². The molecule has 3 aromatic carbocycles. The van der Waals surface area contributed by atoms with E-state index in [1.807, 2.05) is 35.2 Å². The molecular formula is C34H36N4O4. The topological polar surface area (TPSA) is 73.4 Å².